The molecule has 0 unspecified atom stereocenters. The highest BCUT2D eigenvalue weighted by Crippen LogP contribution is 2.31. The van der Waals surface area contributed by atoms with Crippen molar-refractivity contribution in [2.24, 2.45) is 0 Å². The lowest BCUT2D eigenvalue weighted by atomic mass is 9.99. The van der Waals surface area contributed by atoms with Crippen molar-refractivity contribution in [2.45, 2.75) is 19.8 Å². The zero-order valence-corrected chi connectivity index (χ0v) is 10.7. The Morgan fingerprint density at radius 3 is 2.67 bits per heavy atom. The second-order valence-electron chi connectivity index (χ2n) is 4.31. The van der Waals surface area contributed by atoms with Crippen LogP contribution < -0.4 is 10.5 Å². The highest BCUT2D eigenvalue weighted by atomic mass is 16.5. The first-order valence-corrected chi connectivity index (χ1v) is 5.75. The summed E-state index contributed by atoms with van der Waals surface area (Å²) in [4.78, 5) is 4.18. The third-order valence-electron chi connectivity index (χ3n) is 2.74. The average Bonchev–Trinajstić information content (AvgIpc) is 2.38. The van der Waals surface area contributed by atoms with Gasteiger partial charge in [0.25, 0.3) is 0 Å². The number of rotatable bonds is 3. The Morgan fingerprint density at radius 2 is 2.06 bits per heavy atom. The van der Waals surface area contributed by atoms with E-state index in [1.54, 1.807) is 13.3 Å². The van der Waals surface area contributed by atoms with Crippen molar-refractivity contribution < 1.29 is 4.74 Å². The number of methoxy groups -OCH3 is 1. The van der Waals surface area contributed by atoms with Crippen LogP contribution in [0.5, 0.6) is 5.75 Å². The normalized spacial score (nSPS) is 10.7. The summed E-state index contributed by atoms with van der Waals surface area (Å²) in [7, 11) is 1.63. The van der Waals surface area contributed by atoms with Crippen LogP contribution in [-0.2, 0) is 0 Å². The van der Waals surface area contributed by atoms with E-state index in [4.69, 9.17) is 10.5 Å². The van der Waals surface area contributed by atoms with E-state index in [9.17, 15) is 0 Å². The Bertz CT molecular complexity index is 554. The molecule has 1 aromatic heterocycles. The number of nitrogens with zero attached hydrogens (tertiary/aromatic N) is 3. The van der Waals surface area contributed by atoms with Gasteiger partial charge in [-0.05, 0) is 23.6 Å². The molecule has 0 fully saturated rings. The minimum absolute atomic E-state index is 0.157. The second-order valence-corrected chi connectivity index (χ2v) is 4.31. The van der Waals surface area contributed by atoms with Crippen molar-refractivity contribution in [2.75, 3.05) is 12.8 Å². The Hall–Kier alpha value is -2.17. The van der Waals surface area contributed by atoms with E-state index in [0.717, 1.165) is 11.3 Å². The zero-order valence-electron chi connectivity index (χ0n) is 10.7. The molecule has 5 heteroatoms. The fraction of sp³-hybridized carbons (Fsp3) is 0.308. The number of benzene rings is 1. The highest BCUT2D eigenvalue weighted by Gasteiger charge is 2.11. The summed E-state index contributed by atoms with van der Waals surface area (Å²) in [6.07, 6.45) is 1.58. The summed E-state index contributed by atoms with van der Waals surface area (Å²) in [6.45, 7) is 4.27. The quantitative estimate of drug-likeness (QED) is 0.896. The molecule has 0 aliphatic rings. The van der Waals surface area contributed by atoms with Crippen molar-refractivity contribution in [3.05, 3.63) is 30.0 Å². The summed E-state index contributed by atoms with van der Waals surface area (Å²) in [6, 6.07) is 6.03. The van der Waals surface area contributed by atoms with E-state index in [1.807, 2.05) is 18.2 Å². The van der Waals surface area contributed by atoms with Crippen LogP contribution in [-0.4, -0.2) is 22.3 Å². The first-order valence-electron chi connectivity index (χ1n) is 5.75. The maximum Gasteiger partial charge on any atom is 0.240 e. The molecule has 0 amide bonds. The number of aromatic nitrogens is 3. The molecule has 1 aromatic carbocycles. The lowest BCUT2D eigenvalue weighted by molar-refractivity contribution is 0.416. The van der Waals surface area contributed by atoms with Crippen LogP contribution in [0.4, 0.5) is 5.95 Å². The molecule has 18 heavy (non-hydrogen) atoms. The predicted molar refractivity (Wildman–Crippen MR) is 70.3 cm³/mol. The molecule has 1 heterocycles. The molecule has 0 aliphatic heterocycles. The fourth-order valence-electron chi connectivity index (χ4n) is 1.73. The number of nitrogens with two attached hydrogens (primary N) is 1. The van der Waals surface area contributed by atoms with Crippen LogP contribution in [0.1, 0.15) is 25.3 Å². The van der Waals surface area contributed by atoms with Gasteiger partial charge in [0.05, 0.1) is 19.0 Å². The molecule has 0 spiro atoms. The van der Waals surface area contributed by atoms with Gasteiger partial charge in [-0.25, -0.2) is 4.98 Å². The van der Waals surface area contributed by atoms with E-state index >= 15 is 0 Å². The molecular weight excluding hydrogens is 228 g/mol. The summed E-state index contributed by atoms with van der Waals surface area (Å²) in [5.74, 6) is 1.34. The van der Waals surface area contributed by atoms with Gasteiger partial charge in [-0.1, -0.05) is 19.9 Å². The molecule has 0 aliphatic carbocycles. The fourth-order valence-corrected chi connectivity index (χ4v) is 1.73. The Balaban J connectivity index is 2.56. The van der Waals surface area contributed by atoms with Gasteiger partial charge >= 0.3 is 0 Å². The van der Waals surface area contributed by atoms with Crippen molar-refractivity contribution in [3.8, 4) is 17.0 Å². The first-order chi connectivity index (χ1) is 8.61. The zero-order chi connectivity index (χ0) is 13.1. The molecule has 5 nitrogen and oxygen atoms in total. The van der Waals surface area contributed by atoms with Crippen LogP contribution in [0.25, 0.3) is 11.3 Å². The van der Waals surface area contributed by atoms with E-state index in [1.165, 1.54) is 5.56 Å². The molecule has 0 atom stereocenters. The van der Waals surface area contributed by atoms with E-state index in [2.05, 4.69) is 29.0 Å². The largest absolute Gasteiger partial charge is 0.496 e. The lowest BCUT2D eigenvalue weighted by Gasteiger charge is -2.12. The molecule has 0 bridgehead atoms. The maximum absolute atomic E-state index is 5.56. The third kappa shape index (κ3) is 2.40. The van der Waals surface area contributed by atoms with Crippen LogP contribution >= 0.6 is 0 Å². The van der Waals surface area contributed by atoms with Crippen molar-refractivity contribution in [1.29, 1.82) is 0 Å². The van der Waals surface area contributed by atoms with Crippen LogP contribution in [0, 0.1) is 0 Å². The minimum atomic E-state index is 0.157. The molecule has 0 radical (unpaired) electrons. The second kappa shape index (κ2) is 5.00. The number of nitrogen functional groups attached to an aromatic ring is 1. The van der Waals surface area contributed by atoms with E-state index in [-0.39, 0.29) is 5.95 Å². The third-order valence-corrected chi connectivity index (χ3v) is 2.74. The maximum atomic E-state index is 5.56. The average molecular weight is 244 g/mol. The van der Waals surface area contributed by atoms with Gasteiger partial charge in [-0.15, -0.1) is 5.10 Å². The number of hydrogen-bond acceptors (Lipinski definition) is 5. The van der Waals surface area contributed by atoms with Gasteiger partial charge in [-0.3, -0.25) is 0 Å². The Labute approximate surface area is 106 Å². The summed E-state index contributed by atoms with van der Waals surface area (Å²) < 4.78 is 5.35. The molecule has 2 N–H and O–H groups in total. The molecule has 0 saturated heterocycles. The standard InChI is InChI=1S/C13H16N4O/c1-8(2)9-4-5-12(18-3)10(6-9)11-7-15-17-13(14)16-11/h4-8H,1-3H3,(H2,14,16,17). The topological polar surface area (TPSA) is 73.9 Å². The van der Waals surface area contributed by atoms with Crippen LogP contribution in [0.2, 0.25) is 0 Å². The van der Waals surface area contributed by atoms with Crippen molar-refractivity contribution in [1.82, 2.24) is 15.2 Å². The summed E-state index contributed by atoms with van der Waals surface area (Å²) >= 11 is 0. The van der Waals surface area contributed by atoms with Crippen LogP contribution in [0.3, 0.4) is 0 Å². The van der Waals surface area contributed by atoms with Gasteiger partial charge in [0.1, 0.15) is 5.75 Å². The minimum Gasteiger partial charge on any atom is -0.496 e. The van der Waals surface area contributed by atoms with E-state index in [0.29, 0.717) is 11.6 Å². The number of anilines is 1. The van der Waals surface area contributed by atoms with Crippen molar-refractivity contribution >= 4 is 5.95 Å². The number of ether oxygens (including phenoxy) is 1. The molecular formula is C13H16N4O. The molecule has 94 valence electrons. The SMILES string of the molecule is COc1ccc(C(C)C)cc1-c1cnnc(N)n1. The molecule has 2 rings (SSSR count). The van der Waals surface area contributed by atoms with Gasteiger partial charge in [0.2, 0.25) is 5.95 Å². The summed E-state index contributed by atoms with van der Waals surface area (Å²) in [5, 5.41) is 7.47. The highest BCUT2D eigenvalue weighted by molar-refractivity contribution is 5.68. The van der Waals surface area contributed by atoms with Gasteiger partial charge in [0, 0.05) is 5.56 Å². The van der Waals surface area contributed by atoms with Gasteiger partial charge < -0.3 is 10.5 Å². The Kier molecular flexibility index (Phi) is 3.41. The van der Waals surface area contributed by atoms with Crippen molar-refractivity contribution in [3.63, 3.8) is 0 Å². The monoisotopic (exact) mass is 244 g/mol. The van der Waals surface area contributed by atoms with Crippen LogP contribution in [0.15, 0.2) is 24.4 Å². The van der Waals surface area contributed by atoms with Gasteiger partial charge in [0.15, 0.2) is 0 Å². The molecule has 2 aromatic rings. The van der Waals surface area contributed by atoms with Gasteiger partial charge in [-0.2, -0.15) is 5.10 Å². The first kappa shape index (κ1) is 12.3. The smallest absolute Gasteiger partial charge is 0.240 e. The molecule has 0 saturated carbocycles. The lowest BCUT2D eigenvalue weighted by Crippen LogP contribution is -2.00. The number of hydrogen-bond donors (Lipinski definition) is 1. The summed E-state index contributed by atoms with van der Waals surface area (Å²) in [5.41, 5.74) is 8.32. The predicted octanol–water partition coefficient (Wildman–Crippen LogP) is 2.25. The van der Waals surface area contributed by atoms with E-state index < -0.39 is 0 Å². The Morgan fingerprint density at radius 1 is 1.28 bits per heavy atom.